The Hall–Kier alpha value is -3.79. The molecule has 0 saturated heterocycles. The first kappa shape index (κ1) is 16.7. The van der Waals surface area contributed by atoms with Crippen LogP contribution in [0.1, 0.15) is 11.3 Å². The van der Waals surface area contributed by atoms with Crippen molar-refractivity contribution in [3.8, 4) is 17.6 Å². The van der Waals surface area contributed by atoms with Gasteiger partial charge in [-0.3, -0.25) is 0 Å². The van der Waals surface area contributed by atoms with Crippen LogP contribution in [0.4, 0.5) is 23.1 Å². The van der Waals surface area contributed by atoms with Crippen molar-refractivity contribution in [1.29, 1.82) is 5.26 Å². The highest BCUT2D eigenvalue weighted by Crippen LogP contribution is 2.33. The van der Waals surface area contributed by atoms with Gasteiger partial charge in [0.05, 0.1) is 11.3 Å². The van der Waals surface area contributed by atoms with Crippen molar-refractivity contribution in [3.05, 3.63) is 59.8 Å². The average Bonchev–Trinajstić information content (AvgIpc) is 2.68. The Bertz CT molecular complexity index is 1030. The molecule has 0 aliphatic carbocycles. The largest absolute Gasteiger partial charge is 0.486 e. The Morgan fingerprint density at radius 2 is 1.78 bits per heavy atom. The summed E-state index contributed by atoms with van der Waals surface area (Å²) in [6.45, 7) is 2.98. The van der Waals surface area contributed by atoms with Crippen LogP contribution >= 0.6 is 0 Å². The van der Waals surface area contributed by atoms with Gasteiger partial charge in [-0.15, -0.1) is 0 Å². The molecule has 0 amide bonds. The minimum absolute atomic E-state index is 0.415. The highest BCUT2D eigenvalue weighted by Gasteiger charge is 2.12. The predicted molar refractivity (Wildman–Crippen MR) is 102 cm³/mol. The third-order valence-corrected chi connectivity index (χ3v) is 3.96. The molecular formula is C20H17N5O2. The van der Waals surface area contributed by atoms with E-state index < -0.39 is 0 Å². The summed E-state index contributed by atoms with van der Waals surface area (Å²) in [4.78, 5) is 8.90. The van der Waals surface area contributed by atoms with Crippen LogP contribution in [0.3, 0.4) is 0 Å². The van der Waals surface area contributed by atoms with Crippen LogP contribution in [-0.2, 0) is 0 Å². The third kappa shape index (κ3) is 3.75. The maximum absolute atomic E-state index is 9.23. The van der Waals surface area contributed by atoms with E-state index in [0.717, 1.165) is 17.1 Å². The maximum atomic E-state index is 9.23. The zero-order chi connectivity index (χ0) is 18.6. The standard InChI is InChI=1S/C20H17N5O2/c1-13-10-19(23-15-6-7-17-18(11-15)27-9-8-26-17)25-20(22-13)24-16-5-3-2-4-14(16)12-21/h2-7,10-11H,8-9H2,1H3,(H2,22,23,24,25). The van der Waals surface area contributed by atoms with Gasteiger partial charge in [0.25, 0.3) is 0 Å². The number of ether oxygens (including phenoxy) is 2. The van der Waals surface area contributed by atoms with Crippen molar-refractivity contribution >= 4 is 23.1 Å². The van der Waals surface area contributed by atoms with Crippen LogP contribution in [0, 0.1) is 18.3 Å². The topological polar surface area (TPSA) is 92.1 Å². The highest BCUT2D eigenvalue weighted by atomic mass is 16.6. The molecule has 1 aliphatic rings. The van der Waals surface area contributed by atoms with E-state index >= 15 is 0 Å². The minimum atomic E-state index is 0.415. The molecular weight excluding hydrogens is 342 g/mol. The Morgan fingerprint density at radius 1 is 0.963 bits per heavy atom. The van der Waals surface area contributed by atoms with Gasteiger partial charge in [0, 0.05) is 23.5 Å². The first-order valence-electron chi connectivity index (χ1n) is 8.50. The number of benzene rings is 2. The molecule has 2 N–H and O–H groups in total. The van der Waals surface area contributed by atoms with Crippen LogP contribution in [0.15, 0.2) is 48.5 Å². The number of fused-ring (bicyclic) bond motifs is 1. The van der Waals surface area contributed by atoms with Crippen LogP contribution in [0.2, 0.25) is 0 Å². The average molecular weight is 359 g/mol. The van der Waals surface area contributed by atoms with Gasteiger partial charge in [-0.2, -0.15) is 10.2 Å². The number of anilines is 4. The monoisotopic (exact) mass is 359 g/mol. The molecule has 0 atom stereocenters. The van der Waals surface area contributed by atoms with E-state index in [4.69, 9.17) is 9.47 Å². The Labute approximate surface area is 156 Å². The van der Waals surface area contributed by atoms with Crippen LogP contribution in [0.5, 0.6) is 11.5 Å². The summed E-state index contributed by atoms with van der Waals surface area (Å²) in [5, 5.41) is 15.6. The Balaban J connectivity index is 1.58. The lowest BCUT2D eigenvalue weighted by Gasteiger charge is -2.19. The highest BCUT2D eigenvalue weighted by molar-refractivity contribution is 5.66. The summed E-state index contributed by atoms with van der Waals surface area (Å²) in [5.41, 5.74) is 2.82. The Kier molecular flexibility index (Phi) is 4.45. The number of aromatic nitrogens is 2. The molecule has 1 aromatic heterocycles. The molecule has 27 heavy (non-hydrogen) atoms. The molecule has 3 aromatic rings. The van der Waals surface area contributed by atoms with E-state index in [9.17, 15) is 5.26 Å². The zero-order valence-electron chi connectivity index (χ0n) is 14.7. The van der Waals surface area contributed by atoms with Crippen LogP contribution in [-0.4, -0.2) is 23.2 Å². The SMILES string of the molecule is Cc1cc(Nc2ccc3c(c2)OCCO3)nc(Nc2ccccc2C#N)n1. The second-order valence-corrected chi connectivity index (χ2v) is 5.98. The third-order valence-electron chi connectivity index (χ3n) is 3.96. The number of nitrogens with zero attached hydrogens (tertiary/aromatic N) is 3. The quantitative estimate of drug-likeness (QED) is 0.729. The van der Waals surface area contributed by atoms with Crippen LogP contribution < -0.4 is 20.1 Å². The van der Waals surface area contributed by atoms with Gasteiger partial charge in [-0.25, -0.2) is 4.98 Å². The lowest BCUT2D eigenvalue weighted by molar-refractivity contribution is 0.171. The summed E-state index contributed by atoms with van der Waals surface area (Å²) in [6.07, 6.45) is 0. The molecule has 0 spiro atoms. The van der Waals surface area contributed by atoms with E-state index in [0.29, 0.717) is 42.0 Å². The molecule has 7 heteroatoms. The number of rotatable bonds is 4. The number of hydrogen-bond donors (Lipinski definition) is 2. The second kappa shape index (κ2) is 7.22. The summed E-state index contributed by atoms with van der Waals surface area (Å²) >= 11 is 0. The van der Waals surface area contributed by atoms with Gasteiger partial charge in [-0.1, -0.05) is 12.1 Å². The van der Waals surface area contributed by atoms with Gasteiger partial charge in [0.1, 0.15) is 25.1 Å². The van der Waals surface area contributed by atoms with E-state index in [1.807, 2.05) is 49.4 Å². The zero-order valence-corrected chi connectivity index (χ0v) is 14.7. The summed E-state index contributed by atoms with van der Waals surface area (Å²) in [7, 11) is 0. The first-order chi connectivity index (χ1) is 13.2. The number of nitrogens with one attached hydrogen (secondary N) is 2. The summed E-state index contributed by atoms with van der Waals surface area (Å²) in [5.74, 6) is 2.49. The number of nitriles is 1. The van der Waals surface area contributed by atoms with Crippen molar-refractivity contribution in [2.75, 3.05) is 23.8 Å². The van der Waals surface area contributed by atoms with Crippen molar-refractivity contribution in [1.82, 2.24) is 9.97 Å². The van der Waals surface area contributed by atoms with Gasteiger partial charge >= 0.3 is 0 Å². The van der Waals surface area contributed by atoms with E-state index in [1.165, 1.54) is 0 Å². The molecule has 0 saturated carbocycles. The second-order valence-electron chi connectivity index (χ2n) is 5.98. The fourth-order valence-electron chi connectivity index (χ4n) is 2.77. The number of aryl methyl sites for hydroxylation is 1. The number of hydrogen-bond acceptors (Lipinski definition) is 7. The van der Waals surface area contributed by atoms with E-state index in [1.54, 1.807) is 6.07 Å². The summed E-state index contributed by atoms with van der Waals surface area (Å²) < 4.78 is 11.2. The van der Waals surface area contributed by atoms with Crippen molar-refractivity contribution in [3.63, 3.8) is 0 Å². The maximum Gasteiger partial charge on any atom is 0.229 e. The van der Waals surface area contributed by atoms with Gasteiger partial charge < -0.3 is 20.1 Å². The van der Waals surface area contributed by atoms with E-state index in [2.05, 4.69) is 26.7 Å². The van der Waals surface area contributed by atoms with Crippen molar-refractivity contribution < 1.29 is 9.47 Å². The molecule has 0 unspecified atom stereocenters. The smallest absolute Gasteiger partial charge is 0.229 e. The Morgan fingerprint density at radius 3 is 2.63 bits per heavy atom. The fourth-order valence-corrected chi connectivity index (χ4v) is 2.77. The van der Waals surface area contributed by atoms with Gasteiger partial charge in [0.15, 0.2) is 11.5 Å². The fraction of sp³-hybridized carbons (Fsp3) is 0.150. The molecule has 0 bridgehead atoms. The first-order valence-corrected chi connectivity index (χ1v) is 8.50. The lowest BCUT2D eigenvalue weighted by atomic mass is 10.2. The lowest BCUT2D eigenvalue weighted by Crippen LogP contribution is -2.15. The summed E-state index contributed by atoms with van der Waals surface area (Å²) in [6, 6.07) is 16.9. The molecule has 1 aliphatic heterocycles. The van der Waals surface area contributed by atoms with Crippen LogP contribution in [0.25, 0.3) is 0 Å². The molecule has 0 fully saturated rings. The molecule has 2 aromatic carbocycles. The van der Waals surface area contributed by atoms with Crippen molar-refractivity contribution in [2.45, 2.75) is 6.92 Å². The molecule has 7 nitrogen and oxygen atoms in total. The molecule has 4 rings (SSSR count). The molecule has 134 valence electrons. The van der Waals surface area contributed by atoms with Crippen molar-refractivity contribution in [2.24, 2.45) is 0 Å². The van der Waals surface area contributed by atoms with Gasteiger partial charge in [-0.05, 0) is 31.2 Å². The predicted octanol–water partition coefficient (Wildman–Crippen LogP) is 3.92. The number of para-hydroxylation sites is 1. The van der Waals surface area contributed by atoms with E-state index in [-0.39, 0.29) is 0 Å². The molecule has 0 radical (unpaired) electrons. The normalized spacial score (nSPS) is 12.1. The van der Waals surface area contributed by atoms with Gasteiger partial charge in [0.2, 0.25) is 5.95 Å². The molecule has 2 heterocycles. The minimum Gasteiger partial charge on any atom is -0.486 e.